The second kappa shape index (κ2) is 10.7. The zero-order valence-electron chi connectivity index (χ0n) is 13.3. The summed E-state index contributed by atoms with van der Waals surface area (Å²) >= 11 is 6.00. The van der Waals surface area contributed by atoms with E-state index < -0.39 is 0 Å². The molecular formula is C16H24ClIN4O. The number of carbonyl (C=O) groups excluding carboxylic acids is 1. The van der Waals surface area contributed by atoms with E-state index in [0.29, 0.717) is 23.7 Å². The highest BCUT2D eigenvalue weighted by atomic mass is 127. The number of hydrogen-bond donors (Lipinski definition) is 2. The number of likely N-dealkylation sites (tertiary alicyclic amines) is 1. The summed E-state index contributed by atoms with van der Waals surface area (Å²) in [5.41, 5.74) is 0.500. The van der Waals surface area contributed by atoms with E-state index in [2.05, 4.69) is 27.4 Å². The van der Waals surface area contributed by atoms with Crippen LogP contribution in [0.3, 0.4) is 0 Å². The van der Waals surface area contributed by atoms with Gasteiger partial charge in [0.25, 0.3) is 5.91 Å². The number of guanidine groups is 1. The van der Waals surface area contributed by atoms with Crippen molar-refractivity contribution in [3.63, 3.8) is 0 Å². The van der Waals surface area contributed by atoms with Gasteiger partial charge in [-0.2, -0.15) is 0 Å². The van der Waals surface area contributed by atoms with Crippen LogP contribution in [0, 0.1) is 0 Å². The van der Waals surface area contributed by atoms with E-state index in [1.165, 1.54) is 12.8 Å². The molecule has 128 valence electrons. The van der Waals surface area contributed by atoms with Gasteiger partial charge < -0.3 is 15.5 Å². The number of rotatable bonds is 5. The minimum absolute atomic E-state index is 0. The molecule has 1 aromatic carbocycles. The number of halogens is 2. The van der Waals surface area contributed by atoms with Gasteiger partial charge in [-0.05, 0) is 31.9 Å². The van der Waals surface area contributed by atoms with Gasteiger partial charge >= 0.3 is 0 Å². The largest absolute Gasteiger partial charge is 0.357 e. The molecule has 23 heavy (non-hydrogen) atoms. The van der Waals surface area contributed by atoms with Crippen molar-refractivity contribution < 1.29 is 4.79 Å². The van der Waals surface area contributed by atoms with E-state index in [9.17, 15) is 4.79 Å². The molecule has 1 aliphatic rings. The SMILES string of the molecule is CCNC(=NCCNC(=O)c1ccccc1Cl)N1CCCC1.I. The van der Waals surface area contributed by atoms with Crippen LogP contribution >= 0.6 is 35.6 Å². The van der Waals surface area contributed by atoms with Crippen LogP contribution in [-0.2, 0) is 0 Å². The van der Waals surface area contributed by atoms with Gasteiger partial charge in [0, 0.05) is 26.2 Å². The molecule has 2 rings (SSSR count). The van der Waals surface area contributed by atoms with Crippen molar-refractivity contribution in [2.24, 2.45) is 4.99 Å². The van der Waals surface area contributed by atoms with E-state index in [1.807, 2.05) is 6.07 Å². The molecule has 0 aromatic heterocycles. The molecule has 1 heterocycles. The summed E-state index contributed by atoms with van der Waals surface area (Å²) in [7, 11) is 0. The van der Waals surface area contributed by atoms with Crippen molar-refractivity contribution in [1.29, 1.82) is 0 Å². The Bertz CT molecular complexity index is 533. The molecule has 1 fully saturated rings. The smallest absolute Gasteiger partial charge is 0.252 e. The zero-order chi connectivity index (χ0) is 15.8. The number of nitrogens with one attached hydrogen (secondary N) is 2. The van der Waals surface area contributed by atoms with Crippen LogP contribution in [0.25, 0.3) is 0 Å². The minimum atomic E-state index is -0.160. The van der Waals surface area contributed by atoms with Gasteiger partial charge in [0.15, 0.2) is 5.96 Å². The molecule has 7 heteroatoms. The Hall–Kier alpha value is -1.02. The molecule has 0 spiro atoms. The summed E-state index contributed by atoms with van der Waals surface area (Å²) in [6.45, 7) is 6.06. The fourth-order valence-electron chi connectivity index (χ4n) is 2.43. The topological polar surface area (TPSA) is 56.7 Å². The van der Waals surface area contributed by atoms with Crippen molar-refractivity contribution in [1.82, 2.24) is 15.5 Å². The predicted octanol–water partition coefficient (Wildman–Crippen LogP) is 2.75. The minimum Gasteiger partial charge on any atom is -0.357 e. The molecule has 1 aromatic rings. The highest BCUT2D eigenvalue weighted by Crippen LogP contribution is 2.14. The molecule has 5 nitrogen and oxygen atoms in total. The lowest BCUT2D eigenvalue weighted by Crippen LogP contribution is -2.40. The number of carbonyl (C=O) groups is 1. The van der Waals surface area contributed by atoms with E-state index in [0.717, 1.165) is 25.6 Å². The maximum Gasteiger partial charge on any atom is 0.252 e. The van der Waals surface area contributed by atoms with Crippen LogP contribution < -0.4 is 10.6 Å². The molecule has 0 radical (unpaired) electrons. The molecule has 0 bridgehead atoms. The van der Waals surface area contributed by atoms with Crippen molar-refractivity contribution in [3.05, 3.63) is 34.9 Å². The Balaban J connectivity index is 0.00000264. The van der Waals surface area contributed by atoms with Crippen molar-refractivity contribution in [2.45, 2.75) is 19.8 Å². The van der Waals surface area contributed by atoms with E-state index in [-0.39, 0.29) is 29.9 Å². The van der Waals surface area contributed by atoms with Gasteiger partial charge in [-0.1, -0.05) is 23.7 Å². The molecule has 1 aliphatic heterocycles. The molecular weight excluding hydrogens is 427 g/mol. The maximum atomic E-state index is 12.0. The number of hydrogen-bond acceptors (Lipinski definition) is 2. The Morgan fingerprint density at radius 1 is 1.26 bits per heavy atom. The third-order valence-corrected chi connectivity index (χ3v) is 3.85. The summed E-state index contributed by atoms with van der Waals surface area (Å²) in [6, 6.07) is 7.04. The van der Waals surface area contributed by atoms with Crippen molar-refractivity contribution >= 4 is 47.4 Å². The number of nitrogens with zero attached hydrogens (tertiary/aromatic N) is 2. The molecule has 0 aliphatic carbocycles. The van der Waals surface area contributed by atoms with E-state index >= 15 is 0 Å². The van der Waals surface area contributed by atoms with Gasteiger partial charge in [-0.15, -0.1) is 24.0 Å². The molecule has 2 N–H and O–H groups in total. The lowest BCUT2D eigenvalue weighted by Gasteiger charge is -2.20. The number of benzene rings is 1. The number of amides is 1. The Morgan fingerprint density at radius 2 is 1.96 bits per heavy atom. The number of aliphatic imine (C=N–C) groups is 1. The Morgan fingerprint density at radius 3 is 2.61 bits per heavy atom. The average molecular weight is 451 g/mol. The summed E-state index contributed by atoms with van der Waals surface area (Å²) in [4.78, 5) is 18.9. The highest BCUT2D eigenvalue weighted by molar-refractivity contribution is 14.0. The van der Waals surface area contributed by atoms with Crippen LogP contribution in [0.5, 0.6) is 0 Å². The maximum absolute atomic E-state index is 12.0. The third-order valence-electron chi connectivity index (χ3n) is 3.52. The van der Waals surface area contributed by atoms with E-state index in [4.69, 9.17) is 11.6 Å². The molecule has 0 saturated carbocycles. The lowest BCUT2D eigenvalue weighted by atomic mass is 10.2. The first-order valence-corrected chi connectivity index (χ1v) is 8.16. The normalized spacial score (nSPS) is 14.3. The van der Waals surface area contributed by atoms with Crippen LogP contribution in [-0.4, -0.2) is 49.5 Å². The Kier molecular flexibility index (Phi) is 9.31. The first-order valence-electron chi connectivity index (χ1n) is 7.78. The third kappa shape index (κ3) is 6.18. The Labute approximate surface area is 159 Å². The van der Waals surface area contributed by atoms with Gasteiger partial charge in [0.2, 0.25) is 0 Å². The first kappa shape index (κ1) is 20.0. The molecule has 1 amide bonds. The van der Waals surface area contributed by atoms with Crippen LogP contribution in [0.4, 0.5) is 0 Å². The average Bonchev–Trinajstić information content (AvgIpc) is 3.05. The van der Waals surface area contributed by atoms with Crippen LogP contribution in [0.1, 0.15) is 30.1 Å². The first-order chi connectivity index (χ1) is 10.7. The van der Waals surface area contributed by atoms with Crippen LogP contribution in [0.2, 0.25) is 5.02 Å². The van der Waals surface area contributed by atoms with Gasteiger partial charge in [0.1, 0.15) is 0 Å². The summed E-state index contributed by atoms with van der Waals surface area (Å²) in [5, 5.41) is 6.61. The quantitative estimate of drug-likeness (QED) is 0.314. The van der Waals surface area contributed by atoms with Crippen molar-refractivity contribution in [3.8, 4) is 0 Å². The standard InChI is InChI=1S/C16H23ClN4O.HI/c1-2-18-16(21-11-5-6-12-21)20-10-9-19-15(22)13-7-3-4-8-14(13)17;/h3-4,7-8H,2,5-6,9-12H2,1H3,(H,18,20)(H,19,22);1H. The predicted molar refractivity (Wildman–Crippen MR) is 106 cm³/mol. The van der Waals surface area contributed by atoms with E-state index in [1.54, 1.807) is 18.2 Å². The monoisotopic (exact) mass is 450 g/mol. The second-order valence-electron chi connectivity index (χ2n) is 5.17. The van der Waals surface area contributed by atoms with Gasteiger partial charge in [-0.3, -0.25) is 9.79 Å². The van der Waals surface area contributed by atoms with Gasteiger partial charge in [-0.25, -0.2) is 0 Å². The molecule has 1 saturated heterocycles. The lowest BCUT2D eigenvalue weighted by molar-refractivity contribution is 0.0955. The summed E-state index contributed by atoms with van der Waals surface area (Å²) < 4.78 is 0. The fraction of sp³-hybridized carbons (Fsp3) is 0.500. The summed E-state index contributed by atoms with van der Waals surface area (Å²) in [6.07, 6.45) is 2.43. The van der Waals surface area contributed by atoms with Crippen LogP contribution in [0.15, 0.2) is 29.3 Å². The van der Waals surface area contributed by atoms with Crippen molar-refractivity contribution in [2.75, 3.05) is 32.7 Å². The molecule has 0 atom stereocenters. The fourth-order valence-corrected chi connectivity index (χ4v) is 2.65. The van der Waals surface area contributed by atoms with Gasteiger partial charge in [0.05, 0.1) is 17.1 Å². The summed E-state index contributed by atoms with van der Waals surface area (Å²) in [5.74, 6) is 0.777. The molecule has 0 unspecified atom stereocenters. The highest BCUT2D eigenvalue weighted by Gasteiger charge is 2.15. The second-order valence-corrected chi connectivity index (χ2v) is 5.57. The zero-order valence-corrected chi connectivity index (χ0v) is 16.4.